The normalized spacial score (nSPS) is 16.2. The van der Waals surface area contributed by atoms with Gasteiger partial charge in [0, 0.05) is 19.7 Å². The van der Waals surface area contributed by atoms with Crippen molar-refractivity contribution in [2.75, 3.05) is 24.2 Å². The molecule has 100 valence electrons. The number of halogens is 3. The Morgan fingerprint density at radius 1 is 1.28 bits per heavy atom. The molecule has 1 aromatic heterocycles. The van der Waals surface area contributed by atoms with E-state index in [1.165, 1.54) is 19.5 Å². The molecule has 0 unspecified atom stereocenters. The van der Waals surface area contributed by atoms with Gasteiger partial charge in [0.25, 0.3) is 0 Å². The van der Waals surface area contributed by atoms with Gasteiger partial charge in [0.2, 0.25) is 5.82 Å². The monoisotopic (exact) mass is 260 g/mol. The van der Waals surface area contributed by atoms with E-state index in [2.05, 4.69) is 20.6 Å². The summed E-state index contributed by atoms with van der Waals surface area (Å²) in [6.45, 7) is 0.664. The fourth-order valence-electron chi connectivity index (χ4n) is 1.74. The van der Waals surface area contributed by atoms with Crippen molar-refractivity contribution in [3.63, 3.8) is 0 Å². The van der Waals surface area contributed by atoms with Crippen molar-refractivity contribution in [3.05, 3.63) is 11.9 Å². The zero-order valence-corrected chi connectivity index (χ0v) is 10.0. The third kappa shape index (κ3) is 3.02. The number of hydrogen-bond donors (Lipinski definition) is 2. The first-order valence-electron chi connectivity index (χ1n) is 5.87. The average Bonchev–Trinajstić information content (AvgIpc) is 2.25. The summed E-state index contributed by atoms with van der Waals surface area (Å²) >= 11 is 0. The van der Waals surface area contributed by atoms with Crippen molar-refractivity contribution >= 4 is 11.6 Å². The molecule has 1 saturated carbocycles. The van der Waals surface area contributed by atoms with Crippen LogP contribution in [0.1, 0.15) is 25.1 Å². The second kappa shape index (κ2) is 4.99. The summed E-state index contributed by atoms with van der Waals surface area (Å²) in [6, 6.07) is 1.48. The maximum atomic E-state index is 12.6. The lowest BCUT2D eigenvalue weighted by molar-refractivity contribution is -0.144. The van der Waals surface area contributed by atoms with Crippen LogP contribution in [-0.4, -0.2) is 23.6 Å². The summed E-state index contributed by atoms with van der Waals surface area (Å²) in [7, 11) is 1.53. The van der Waals surface area contributed by atoms with Crippen LogP contribution < -0.4 is 10.6 Å². The number of rotatable bonds is 4. The molecule has 0 radical (unpaired) electrons. The predicted octanol–water partition coefficient (Wildman–Crippen LogP) is 2.75. The molecule has 0 aromatic carbocycles. The molecule has 18 heavy (non-hydrogen) atoms. The average molecular weight is 260 g/mol. The first-order valence-corrected chi connectivity index (χ1v) is 5.87. The second-order valence-electron chi connectivity index (χ2n) is 4.39. The number of nitrogens with one attached hydrogen (secondary N) is 2. The molecule has 0 spiro atoms. The molecule has 0 atom stereocenters. The molecule has 0 bridgehead atoms. The van der Waals surface area contributed by atoms with Crippen LogP contribution in [0.3, 0.4) is 0 Å². The fraction of sp³-hybridized carbons (Fsp3) is 0.636. The highest BCUT2D eigenvalue weighted by atomic mass is 19.4. The maximum absolute atomic E-state index is 12.6. The number of aromatic nitrogens is 2. The lowest BCUT2D eigenvalue weighted by atomic mass is 9.85. The fourth-order valence-corrected chi connectivity index (χ4v) is 1.74. The van der Waals surface area contributed by atoms with Crippen LogP contribution in [-0.2, 0) is 6.18 Å². The van der Waals surface area contributed by atoms with Gasteiger partial charge in [-0.05, 0) is 18.8 Å². The molecule has 7 heteroatoms. The molecule has 1 aliphatic rings. The minimum Gasteiger partial charge on any atom is -0.373 e. The van der Waals surface area contributed by atoms with Crippen molar-refractivity contribution in [3.8, 4) is 0 Å². The Balaban J connectivity index is 2.12. The second-order valence-corrected chi connectivity index (χ2v) is 4.39. The molecule has 1 aromatic rings. The third-order valence-corrected chi connectivity index (χ3v) is 3.03. The summed E-state index contributed by atoms with van der Waals surface area (Å²) in [5.41, 5.74) is 0. The van der Waals surface area contributed by atoms with E-state index in [1.807, 2.05) is 0 Å². The van der Waals surface area contributed by atoms with Gasteiger partial charge in [0.1, 0.15) is 11.6 Å². The number of anilines is 2. The van der Waals surface area contributed by atoms with E-state index in [9.17, 15) is 13.2 Å². The maximum Gasteiger partial charge on any atom is 0.451 e. The van der Waals surface area contributed by atoms with E-state index in [0.717, 1.165) is 12.8 Å². The zero-order valence-electron chi connectivity index (χ0n) is 10.0. The smallest absolute Gasteiger partial charge is 0.373 e. The highest BCUT2D eigenvalue weighted by Gasteiger charge is 2.35. The van der Waals surface area contributed by atoms with Gasteiger partial charge in [0.05, 0.1) is 0 Å². The summed E-state index contributed by atoms with van der Waals surface area (Å²) < 4.78 is 37.7. The highest BCUT2D eigenvalue weighted by Crippen LogP contribution is 2.29. The van der Waals surface area contributed by atoms with Gasteiger partial charge >= 0.3 is 6.18 Å². The quantitative estimate of drug-likeness (QED) is 0.874. The lowest BCUT2D eigenvalue weighted by Crippen LogP contribution is -2.22. The van der Waals surface area contributed by atoms with Crippen molar-refractivity contribution in [2.24, 2.45) is 5.92 Å². The van der Waals surface area contributed by atoms with E-state index >= 15 is 0 Å². The Hall–Kier alpha value is -1.53. The van der Waals surface area contributed by atoms with E-state index in [4.69, 9.17) is 0 Å². The molecular weight excluding hydrogens is 245 g/mol. The highest BCUT2D eigenvalue weighted by molar-refractivity contribution is 5.47. The Bertz CT molecular complexity index is 415. The van der Waals surface area contributed by atoms with Crippen molar-refractivity contribution in [1.82, 2.24) is 9.97 Å². The lowest BCUT2D eigenvalue weighted by Gasteiger charge is -2.25. The molecule has 0 saturated heterocycles. The van der Waals surface area contributed by atoms with Gasteiger partial charge in [-0.25, -0.2) is 9.97 Å². The van der Waals surface area contributed by atoms with Crippen LogP contribution in [0, 0.1) is 5.92 Å². The van der Waals surface area contributed by atoms with Crippen LogP contribution in [0.25, 0.3) is 0 Å². The van der Waals surface area contributed by atoms with Gasteiger partial charge in [-0.2, -0.15) is 13.2 Å². The summed E-state index contributed by atoms with van der Waals surface area (Å²) in [5.74, 6) is -0.195. The van der Waals surface area contributed by atoms with Crippen molar-refractivity contribution < 1.29 is 13.2 Å². The minimum absolute atomic E-state index is 0.161. The van der Waals surface area contributed by atoms with Gasteiger partial charge in [-0.1, -0.05) is 6.42 Å². The third-order valence-electron chi connectivity index (χ3n) is 3.03. The Labute approximate surface area is 103 Å². The predicted molar refractivity (Wildman–Crippen MR) is 62.4 cm³/mol. The van der Waals surface area contributed by atoms with E-state index in [0.29, 0.717) is 12.5 Å². The van der Waals surface area contributed by atoms with Crippen LogP contribution in [0.2, 0.25) is 0 Å². The first kappa shape index (κ1) is 12.9. The topological polar surface area (TPSA) is 49.8 Å². The molecule has 1 fully saturated rings. The number of hydrogen-bond acceptors (Lipinski definition) is 4. The zero-order chi connectivity index (χ0) is 13.2. The Morgan fingerprint density at radius 3 is 2.44 bits per heavy atom. The molecule has 0 amide bonds. The van der Waals surface area contributed by atoms with Crippen LogP contribution in [0.15, 0.2) is 6.07 Å². The molecular formula is C11H15F3N4. The van der Waals surface area contributed by atoms with Crippen molar-refractivity contribution in [2.45, 2.75) is 25.4 Å². The van der Waals surface area contributed by atoms with Crippen LogP contribution in [0.4, 0.5) is 24.8 Å². The van der Waals surface area contributed by atoms with Gasteiger partial charge < -0.3 is 10.6 Å². The SMILES string of the molecule is CNc1cc(NCC2CCC2)nc(C(F)(F)F)n1. The van der Waals surface area contributed by atoms with Gasteiger partial charge in [-0.3, -0.25) is 0 Å². The summed E-state index contributed by atoms with van der Waals surface area (Å²) in [4.78, 5) is 6.89. The molecule has 1 heterocycles. The van der Waals surface area contributed by atoms with Crippen LogP contribution >= 0.6 is 0 Å². The molecule has 1 aliphatic carbocycles. The molecule has 0 aliphatic heterocycles. The Morgan fingerprint density at radius 2 is 1.94 bits per heavy atom. The van der Waals surface area contributed by atoms with Gasteiger partial charge in [0.15, 0.2) is 0 Å². The summed E-state index contributed by atoms with van der Waals surface area (Å²) in [5, 5.41) is 5.55. The molecule has 2 N–H and O–H groups in total. The van der Waals surface area contributed by atoms with Gasteiger partial charge in [-0.15, -0.1) is 0 Å². The standard InChI is InChI=1S/C11H15F3N4/c1-15-8-5-9(16-6-7-3-2-4-7)18-10(17-8)11(12,13)14/h5,7H,2-4,6H2,1H3,(H2,15,16,17,18). The van der Waals surface area contributed by atoms with E-state index in [-0.39, 0.29) is 11.6 Å². The Kier molecular flexibility index (Phi) is 3.58. The first-order chi connectivity index (χ1) is 8.49. The van der Waals surface area contributed by atoms with E-state index in [1.54, 1.807) is 0 Å². The largest absolute Gasteiger partial charge is 0.451 e. The molecule has 4 nitrogen and oxygen atoms in total. The summed E-state index contributed by atoms with van der Waals surface area (Å²) in [6.07, 6.45) is -1.07. The number of nitrogens with zero attached hydrogens (tertiary/aromatic N) is 2. The van der Waals surface area contributed by atoms with Crippen LogP contribution in [0.5, 0.6) is 0 Å². The van der Waals surface area contributed by atoms with Crippen molar-refractivity contribution in [1.29, 1.82) is 0 Å². The van der Waals surface area contributed by atoms with E-state index < -0.39 is 12.0 Å². The minimum atomic E-state index is -4.53. The molecule has 2 rings (SSSR count). The number of alkyl halides is 3.